The SMILES string of the molecule is C[C@H]1CCCC[C@H]1Nc1cncc(-c2cnn3ccncc23)n1. The largest absolute Gasteiger partial charge is 0.366 e. The summed E-state index contributed by atoms with van der Waals surface area (Å²) < 4.78 is 1.80. The van der Waals surface area contributed by atoms with Crippen molar-refractivity contribution in [2.75, 3.05) is 5.32 Å². The fraction of sp³-hybridized carbons (Fsp3) is 0.412. The summed E-state index contributed by atoms with van der Waals surface area (Å²) in [6.07, 6.45) is 15.8. The van der Waals surface area contributed by atoms with E-state index in [1.54, 1.807) is 29.3 Å². The summed E-state index contributed by atoms with van der Waals surface area (Å²) in [5, 5.41) is 7.91. The van der Waals surface area contributed by atoms with Crippen molar-refractivity contribution in [2.24, 2.45) is 5.92 Å². The standard InChI is InChI=1S/C17H20N6/c1-12-4-2-3-5-14(12)21-17-11-19-9-15(22-17)13-8-20-23-7-6-18-10-16(13)23/h6-12,14H,2-5H2,1H3,(H,21,22)/t12-,14+/m0/s1. The van der Waals surface area contributed by atoms with Gasteiger partial charge >= 0.3 is 0 Å². The van der Waals surface area contributed by atoms with E-state index in [0.717, 1.165) is 22.6 Å². The van der Waals surface area contributed by atoms with Gasteiger partial charge in [-0.15, -0.1) is 0 Å². The molecule has 0 aromatic carbocycles. The lowest BCUT2D eigenvalue weighted by atomic mass is 9.86. The molecule has 118 valence electrons. The molecule has 1 fully saturated rings. The van der Waals surface area contributed by atoms with Crippen LogP contribution in [0.2, 0.25) is 0 Å². The molecule has 3 aromatic heterocycles. The molecule has 1 aliphatic rings. The van der Waals surface area contributed by atoms with Gasteiger partial charge in [0, 0.05) is 24.0 Å². The van der Waals surface area contributed by atoms with Crippen LogP contribution in [0, 0.1) is 5.92 Å². The lowest BCUT2D eigenvalue weighted by molar-refractivity contribution is 0.349. The van der Waals surface area contributed by atoms with Crippen molar-refractivity contribution in [3.63, 3.8) is 0 Å². The predicted molar refractivity (Wildman–Crippen MR) is 89.1 cm³/mol. The molecule has 0 aliphatic heterocycles. The molecule has 0 amide bonds. The van der Waals surface area contributed by atoms with Crippen molar-refractivity contribution in [2.45, 2.75) is 38.6 Å². The molecule has 0 radical (unpaired) electrons. The predicted octanol–water partition coefficient (Wildman–Crippen LogP) is 3.18. The summed E-state index contributed by atoms with van der Waals surface area (Å²) >= 11 is 0. The monoisotopic (exact) mass is 308 g/mol. The maximum absolute atomic E-state index is 4.74. The summed E-state index contributed by atoms with van der Waals surface area (Å²) in [7, 11) is 0. The Kier molecular flexibility index (Phi) is 3.65. The molecule has 1 N–H and O–H groups in total. The van der Waals surface area contributed by atoms with Crippen LogP contribution in [-0.4, -0.2) is 30.6 Å². The molecule has 6 nitrogen and oxygen atoms in total. The van der Waals surface area contributed by atoms with Crippen LogP contribution in [-0.2, 0) is 0 Å². The third kappa shape index (κ3) is 2.76. The highest BCUT2D eigenvalue weighted by molar-refractivity contribution is 5.76. The molecule has 1 saturated carbocycles. The van der Waals surface area contributed by atoms with Crippen LogP contribution in [0.5, 0.6) is 0 Å². The minimum Gasteiger partial charge on any atom is -0.366 e. The second-order valence-corrected chi connectivity index (χ2v) is 6.27. The Morgan fingerprint density at radius 3 is 2.91 bits per heavy atom. The van der Waals surface area contributed by atoms with E-state index in [1.807, 2.05) is 12.4 Å². The van der Waals surface area contributed by atoms with E-state index < -0.39 is 0 Å². The van der Waals surface area contributed by atoms with Crippen molar-refractivity contribution >= 4 is 11.3 Å². The topological polar surface area (TPSA) is 68.0 Å². The third-order valence-corrected chi connectivity index (χ3v) is 4.68. The maximum Gasteiger partial charge on any atom is 0.145 e. The Balaban J connectivity index is 1.63. The van der Waals surface area contributed by atoms with Gasteiger partial charge in [0.1, 0.15) is 5.82 Å². The molecule has 6 heteroatoms. The summed E-state index contributed by atoms with van der Waals surface area (Å²) in [5.74, 6) is 1.51. The van der Waals surface area contributed by atoms with E-state index in [1.165, 1.54) is 25.7 Å². The molecule has 1 aliphatic carbocycles. The van der Waals surface area contributed by atoms with Crippen LogP contribution in [0.15, 0.2) is 37.2 Å². The van der Waals surface area contributed by atoms with Gasteiger partial charge in [0.25, 0.3) is 0 Å². The normalized spacial score (nSPS) is 21.4. The number of hydrogen-bond acceptors (Lipinski definition) is 5. The molecule has 4 rings (SSSR count). The number of nitrogens with one attached hydrogen (secondary N) is 1. The quantitative estimate of drug-likeness (QED) is 0.805. The van der Waals surface area contributed by atoms with Gasteiger partial charge in [0.15, 0.2) is 0 Å². The first kappa shape index (κ1) is 14.1. The summed E-state index contributed by atoms with van der Waals surface area (Å²) in [5.41, 5.74) is 2.71. The Labute approximate surface area is 135 Å². The van der Waals surface area contributed by atoms with E-state index >= 15 is 0 Å². The number of anilines is 1. The van der Waals surface area contributed by atoms with Gasteiger partial charge < -0.3 is 5.32 Å². The zero-order chi connectivity index (χ0) is 15.6. The second kappa shape index (κ2) is 5.95. The number of nitrogens with zero attached hydrogens (tertiary/aromatic N) is 5. The van der Waals surface area contributed by atoms with E-state index in [2.05, 4.69) is 27.3 Å². The molecule has 2 atom stereocenters. The minimum absolute atomic E-state index is 0.485. The molecular formula is C17H20N6. The van der Waals surface area contributed by atoms with Crippen LogP contribution in [0.3, 0.4) is 0 Å². The van der Waals surface area contributed by atoms with Crippen LogP contribution in [0.1, 0.15) is 32.6 Å². The lowest BCUT2D eigenvalue weighted by Gasteiger charge is -2.29. The zero-order valence-electron chi connectivity index (χ0n) is 13.2. The van der Waals surface area contributed by atoms with Crippen molar-refractivity contribution in [3.8, 4) is 11.3 Å². The number of aromatic nitrogens is 5. The number of fused-ring (bicyclic) bond motifs is 1. The molecule has 3 heterocycles. The second-order valence-electron chi connectivity index (χ2n) is 6.27. The lowest BCUT2D eigenvalue weighted by Crippen LogP contribution is -2.30. The van der Waals surface area contributed by atoms with E-state index in [0.29, 0.717) is 12.0 Å². The molecule has 23 heavy (non-hydrogen) atoms. The van der Waals surface area contributed by atoms with Crippen molar-refractivity contribution in [3.05, 3.63) is 37.2 Å². The Hall–Kier alpha value is -2.50. The fourth-order valence-corrected chi connectivity index (χ4v) is 3.32. The Bertz CT molecular complexity index is 811. The van der Waals surface area contributed by atoms with E-state index in [4.69, 9.17) is 4.98 Å². The molecule has 0 unspecified atom stereocenters. The minimum atomic E-state index is 0.485. The summed E-state index contributed by atoms with van der Waals surface area (Å²) in [4.78, 5) is 13.3. The van der Waals surface area contributed by atoms with Gasteiger partial charge in [0.2, 0.25) is 0 Å². The Morgan fingerprint density at radius 2 is 2.00 bits per heavy atom. The highest BCUT2D eigenvalue weighted by Crippen LogP contribution is 2.27. The first-order chi connectivity index (χ1) is 11.3. The van der Waals surface area contributed by atoms with Gasteiger partial charge in [-0.05, 0) is 18.8 Å². The van der Waals surface area contributed by atoms with Gasteiger partial charge in [-0.25, -0.2) is 9.50 Å². The van der Waals surface area contributed by atoms with E-state index in [-0.39, 0.29) is 0 Å². The molecule has 0 saturated heterocycles. The van der Waals surface area contributed by atoms with Crippen molar-refractivity contribution in [1.82, 2.24) is 24.6 Å². The van der Waals surface area contributed by atoms with Gasteiger partial charge in [-0.3, -0.25) is 9.97 Å². The molecule has 0 spiro atoms. The number of hydrogen-bond donors (Lipinski definition) is 1. The molecular weight excluding hydrogens is 288 g/mol. The smallest absolute Gasteiger partial charge is 0.145 e. The molecule has 3 aromatic rings. The van der Waals surface area contributed by atoms with E-state index in [9.17, 15) is 0 Å². The van der Waals surface area contributed by atoms with Crippen molar-refractivity contribution < 1.29 is 0 Å². The van der Waals surface area contributed by atoms with Gasteiger partial charge in [0.05, 0.1) is 36.0 Å². The average molecular weight is 308 g/mol. The summed E-state index contributed by atoms with van der Waals surface area (Å²) in [6.45, 7) is 2.31. The third-order valence-electron chi connectivity index (χ3n) is 4.68. The first-order valence-electron chi connectivity index (χ1n) is 8.17. The van der Waals surface area contributed by atoms with Gasteiger partial charge in [-0.2, -0.15) is 5.10 Å². The molecule has 0 bridgehead atoms. The van der Waals surface area contributed by atoms with Crippen LogP contribution in [0.4, 0.5) is 5.82 Å². The highest BCUT2D eigenvalue weighted by Gasteiger charge is 2.21. The average Bonchev–Trinajstić information content (AvgIpc) is 3.01. The van der Waals surface area contributed by atoms with Gasteiger partial charge in [-0.1, -0.05) is 19.8 Å². The fourth-order valence-electron chi connectivity index (χ4n) is 3.32. The van der Waals surface area contributed by atoms with Crippen LogP contribution in [0.25, 0.3) is 16.8 Å². The maximum atomic E-state index is 4.74. The zero-order valence-corrected chi connectivity index (χ0v) is 13.2. The van der Waals surface area contributed by atoms with Crippen LogP contribution >= 0.6 is 0 Å². The number of rotatable bonds is 3. The highest BCUT2D eigenvalue weighted by atomic mass is 15.2. The Morgan fingerprint density at radius 1 is 1.09 bits per heavy atom. The first-order valence-corrected chi connectivity index (χ1v) is 8.17. The van der Waals surface area contributed by atoms with Crippen molar-refractivity contribution in [1.29, 1.82) is 0 Å². The van der Waals surface area contributed by atoms with Crippen LogP contribution < -0.4 is 5.32 Å². The summed E-state index contributed by atoms with van der Waals surface area (Å²) in [6, 6.07) is 0.485.